The van der Waals surface area contributed by atoms with Crippen LogP contribution in [0.3, 0.4) is 0 Å². The van der Waals surface area contributed by atoms with Crippen molar-refractivity contribution in [3.63, 3.8) is 0 Å². The standard InChI is InChI=1S/C12H14F2N2O.ClH/c13-8-5-9(14)7-10(6-8)16-12(17)11-3-1-2-4-15-11;/h5-7,11,15H,1-4H2,(H,16,17);1H/t11-;/m1./s1. The number of piperidine rings is 1. The number of carbonyl (C=O) groups excluding carboxylic acids is 1. The number of amides is 1. The van der Waals surface area contributed by atoms with Crippen molar-refractivity contribution in [1.82, 2.24) is 5.32 Å². The zero-order chi connectivity index (χ0) is 12.3. The van der Waals surface area contributed by atoms with Crippen LogP contribution in [0.25, 0.3) is 0 Å². The Balaban J connectivity index is 0.00000162. The van der Waals surface area contributed by atoms with Crippen LogP contribution in [0.15, 0.2) is 18.2 Å². The Hall–Kier alpha value is -1.20. The zero-order valence-electron chi connectivity index (χ0n) is 9.71. The molecule has 18 heavy (non-hydrogen) atoms. The van der Waals surface area contributed by atoms with Crippen molar-refractivity contribution in [3.8, 4) is 0 Å². The molecule has 0 spiro atoms. The molecule has 1 atom stereocenters. The molecule has 1 fully saturated rings. The number of rotatable bonds is 2. The van der Waals surface area contributed by atoms with Gasteiger partial charge in [-0.2, -0.15) is 0 Å². The van der Waals surface area contributed by atoms with E-state index in [9.17, 15) is 13.6 Å². The molecule has 0 aliphatic carbocycles. The predicted molar refractivity (Wildman–Crippen MR) is 67.9 cm³/mol. The first-order chi connectivity index (χ1) is 8.15. The normalized spacial score (nSPS) is 18.9. The highest BCUT2D eigenvalue weighted by atomic mass is 35.5. The third kappa shape index (κ3) is 3.92. The summed E-state index contributed by atoms with van der Waals surface area (Å²) < 4.78 is 25.8. The molecule has 2 N–H and O–H groups in total. The lowest BCUT2D eigenvalue weighted by atomic mass is 10.0. The highest BCUT2D eigenvalue weighted by Gasteiger charge is 2.20. The van der Waals surface area contributed by atoms with E-state index < -0.39 is 11.6 Å². The Morgan fingerprint density at radius 3 is 2.44 bits per heavy atom. The highest BCUT2D eigenvalue weighted by Crippen LogP contribution is 2.14. The lowest BCUT2D eigenvalue weighted by molar-refractivity contribution is -0.118. The van der Waals surface area contributed by atoms with E-state index in [1.807, 2.05) is 0 Å². The van der Waals surface area contributed by atoms with Gasteiger partial charge in [-0.1, -0.05) is 6.42 Å². The van der Waals surface area contributed by atoms with Crippen LogP contribution in [0.4, 0.5) is 14.5 Å². The van der Waals surface area contributed by atoms with Crippen LogP contribution in [-0.2, 0) is 4.79 Å². The predicted octanol–water partition coefficient (Wildman–Crippen LogP) is 2.47. The van der Waals surface area contributed by atoms with Crippen LogP contribution in [0.1, 0.15) is 19.3 Å². The van der Waals surface area contributed by atoms with Crippen molar-refractivity contribution >= 4 is 24.0 Å². The van der Waals surface area contributed by atoms with Crippen molar-refractivity contribution in [2.45, 2.75) is 25.3 Å². The molecule has 3 nitrogen and oxygen atoms in total. The van der Waals surface area contributed by atoms with Crippen LogP contribution >= 0.6 is 12.4 Å². The van der Waals surface area contributed by atoms with Crippen molar-refractivity contribution in [1.29, 1.82) is 0 Å². The fourth-order valence-corrected chi connectivity index (χ4v) is 1.93. The molecule has 6 heteroatoms. The molecule has 1 aliphatic rings. The van der Waals surface area contributed by atoms with Crippen molar-refractivity contribution in [2.75, 3.05) is 11.9 Å². The smallest absolute Gasteiger partial charge is 0.241 e. The molecule has 1 heterocycles. The molecule has 100 valence electrons. The molecular formula is C12H15ClF2N2O. The number of hydrogen-bond donors (Lipinski definition) is 2. The molecular weight excluding hydrogens is 262 g/mol. The van der Waals surface area contributed by atoms with Gasteiger partial charge < -0.3 is 10.6 Å². The van der Waals surface area contributed by atoms with E-state index in [1.165, 1.54) is 0 Å². The summed E-state index contributed by atoms with van der Waals surface area (Å²) in [5.74, 6) is -1.64. The van der Waals surface area contributed by atoms with Gasteiger partial charge in [-0.05, 0) is 31.5 Å². The maximum atomic E-state index is 12.9. The van der Waals surface area contributed by atoms with Gasteiger partial charge in [0, 0.05) is 11.8 Å². The number of hydrogen-bond acceptors (Lipinski definition) is 2. The van der Waals surface area contributed by atoms with Gasteiger partial charge >= 0.3 is 0 Å². The quantitative estimate of drug-likeness (QED) is 0.871. The molecule has 1 saturated heterocycles. The van der Waals surface area contributed by atoms with E-state index >= 15 is 0 Å². The summed E-state index contributed by atoms with van der Waals surface area (Å²) >= 11 is 0. The molecule has 0 aromatic heterocycles. The fraction of sp³-hybridized carbons (Fsp3) is 0.417. The molecule has 1 amide bonds. The molecule has 0 bridgehead atoms. The summed E-state index contributed by atoms with van der Waals surface area (Å²) in [5, 5.41) is 5.58. The first kappa shape index (κ1) is 14.9. The molecule has 0 saturated carbocycles. The molecule has 1 aromatic rings. The van der Waals surface area contributed by atoms with Crippen LogP contribution in [0.5, 0.6) is 0 Å². The topological polar surface area (TPSA) is 41.1 Å². The lowest BCUT2D eigenvalue weighted by Gasteiger charge is -2.22. The minimum atomic E-state index is -0.697. The summed E-state index contributed by atoms with van der Waals surface area (Å²) in [4.78, 5) is 11.8. The van der Waals surface area contributed by atoms with Crippen LogP contribution < -0.4 is 10.6 Å². The largest absolute Gasteiger partial charge is 0.325 e. The van der Waals surface area contributed by atoms with Gasteiger partial charge in [-0.3, -0.25) is 4.79 Å². The Kier molecular flexibility index (Phi) is 5.50. The number of benzene rings is 1. The minimum absolute atomic E-state index is 0. The van der Waals surface area contributed by atoms with Crippen molar-refractivity contribution in [3.05, 3.63) is 29.8 Å². The third-order valence-electron chi connectivity index (χ3n) is 2.76. The molecule has 1 aromatic carbocycles. The second-order valence-corrected chi connectivity index (χ2v) is 4.15. The molecule has 0 unspecified atom stereocenters. The lowest BCUT2D eigenvalue weighted by Crippen LogP contribution is -2.43. The second kappa shape index (κ2) is 6.66. The van der Waals surface area contributed by atoms with Crippen molar-refractivity contribution in [2.24, 2.45) is 0 Å². The summed E-state index contributed by atoms with van der Waals surface area (Å²) in [6, 6.07) is 2.71. The fourth-order valence-electron chi connectivity index (χ4n) is 1.93. The van der Waals surface area contributed by atoms with Gasteiger partial charge in [0.2, 0.25) is 5.91 Å². The monoisotopic (exact) mass is 276 g/mol. The molecule has 1 aliphatic heterocycles. The van der Waals surface area contributed by atoms with Gasteiger partial charge in [-0.15, -0.1) is 12.4 Å². The third-order valence-corrected chi connectivity index (χ3v) is 2.76. The summed E-state index contributed by atoms with van der Waals surface area (Å²) in [7, 11) is 0. The van der Waals surface area contributed by atoms with Gasteiger partial charge in [-0.25, -0.2) is 8.78 Å². The number of carbonyl (C=O) groups is 1. The number of anilines is 1. The van der Waals surface area contributed by atoms with Crippen LogP contribution in [0.2, 0.25) is 0 Å². The Morgan fingerprint density at radius 1 is 1.22 bits per heavy atom. The minimum Gasteiger partial charge on any atom is -0.325 e. The average Bonchev–Trinajstić information content (AvgIpc) is 2.28. The van der Waals surface area contributed by atoms with E-state index in [4.69, 9.17) is 0 Å². The van der Waals surface area contributed by atoms with E-state index in [0.29, 0.717) is 0 Å². The summed E-state index contributed by atoms with van der Waals surface area (Å²) in [5.41, 5.74) is 0.153. The Labute approximate surface area is 110 Å². The second-order valence-electron chi connectivity index (χ2n) is 4.15. The first-order valence-electron chi connectivity index (χ1n) is 5.65. The van der Waals surface area contributed by atoms with Crippen LogP contribution in [0, 0.1) is 11.6 Å². The summed E-state index contributed by atoms with van der Waals surface area (Å²) in [6.07, 6.45) is 2.80. The maximum absolute atomic E-state index is 12.9. The number of halogens is 3. The van der Waals surface area contributed by atoms with Gasteiger partial charge in [0.15, 0.2) is 0 Å². The average molecular weight is 277 g/mol. The molecule has 2 rings (SSSR count). The van der Waals surface area contributed by atoms with E-state index in [2.05, 4.69) is 10.6 Å². The summed E-state index contributed by atoms with van der Waals surface area (Å²) in [6.45, 7) is 0.801. The maximum Gasteiger partial charge on any atom is 0.241 e. The first-order valence-corrected chi connectivity index (χ1v) is 5.65. The zero-order valence-corrected chi connectivity index (χ0v) is 10.5. The SMILES string of the molecule is Cl.O=C(Nc1cc(F)cc(F)c1)[C@H]1CCCCN1. The Bertz CT molecular complexity index is 402. The van der Waals surface area contributed by atoms with E-state index in [-0.39, 0.29) is 30.0 Å². The van der Waals surface area contributed by atoms with Gasteiger partial charge in [0.25, 0.3) is 0 Å². The molecule has 0 radical (unpaired) electrons. The van der Waals surface area contributed by atoms with E-state index in [1.54, 1.807) is 0 Å². The van der Waals surface area contributed by atoms with Gasteiger partial charge in [0.1, 0.15) is 11.6 Å². The Morgan fingerprint density at radius 2 is 1.89 bits per heavy atom. The van der Waals surface area contributed by atoms with Gasteiger partial charge in [0.05, 0.1) is 6.04 Å². The van der Waals surface area contributed by atoms with Crippen LogP contribution in [-0.4, -0.2) is 18.5 Å². The van der Waals surface area contributed by atoms with Crippen molar-refractivity contribution < 1.29 is 13.6 Å². The highest BCUT2D eigenvalue weighted by molar-refractivity contribution is 5.94. The number of nitrogens with one attached hydrogen (secondary N) is 2. The van der Waals surface area contributed by atoms with E-state index in [0.717, 1.165) is 44.0 Å².